The highest BCUT2D eigenvalue weighted by molar-refractivity contribution is 5.82. The van der Waals surface area contributed by atoms with E-state index in [1.54, 1.807) is 6.07 Å². The van der Waals surface area contributed by atoms with Crippen LogP contribution < -0.4 is 10.6 Å². The molecule has 2 fully saturated rings. The first-order valence-electron chi connectivity index (χ1n) is 8.31. The summed E-state index contributed by atoms with van der Waals surface area (Å²) in [5.41, 5.74) is 0.713. The predicted molar refractivity (Wildman–Crippen MR) is 84.1 cm³/mol. The smallest absolute Gasteiger partial charge is 0.223 e. The zero-order valence-corrected chi connectivity index (χ0v) is 13.2. The standard InChI is InChI=1S/C17H23F2N3O/c18-15-3-2-12(10-16(15)19)13-11-14(13)17(23)21-4-1-7-22-8-5-20-6-9-22/h2-3,10,13-14,20H,1,4-9,11H2,(H,21,23). The molecule has 1 aromatic rings. The molecule has 1 aromatic carbocycles. The maximum Gasteiger partial charge on any atom is 0.223 e. The second-order valence-corrected chi connectivity index (χ2v) is 6.36. The molecule has 1 amide bonds. The van der Waals surface area contributed by atoms with Gasteiger partial charge in [0.25, 0.3) is 0 Å². The fraction of sp³-hybridized carbons (Fsp3) is 0.588. The van der Waals surface area contributed by atoms with Gasteiger partial charge in [-0.1, -0.05) is 6.07 Å². The molecule has 2 aliphatic rings. The van der Waals surface area contributed by atoms with Crippen molar-refractivity contribution >= 4 is 5.91 Å². The summed E-state index contributed by atoms with van der Waals surface area (Å²) >= 11 is 0. The van der Waals surface area contributed by atoms with Crippen molar-refractivity contribution in [1.29, 1.82) is 0 Å². The minimum Gasteiger partial charge on any atom is -0.356 e. The summed E-state index contributed by atoms with van der Waals surface area (Å²) in [6, 6.07) is 3.91. The van der Waals surface area contributed by atoms with Crippen LogP contribution >= 0.6 is 0 Å². The summed E-state index contributed by atoms with van der Waals surface area (Å²) in [6.07, 6.45) is 1.66. The minimum atomic E-state index is -0.844. The molecular weight excluding hydrogens is 300 g/mol. The summed E-state index contributed by atoms with van der Waals surface area (Å²) in [6.45, 7) is 5.86. The maximum atomic E-state index is 13.2. The Kier molecular flexibility index (Phi) is 5.23. The molecule has 1 aliphatic carbocycles. The van der Waals surface area contributed by atoms with E-state index in [2.05, 4.69) is 15.5 Å². The highest BCUT2D eigenvalue weighted by Gasteiger charge is 2.43. The van der Waals surface area contributed by atoms with Gasteiger partial charge in [0.2, 0.25) is 5.91 Å². The number of hydrogen-bond donors (Lipinski definition) is 2. The van der Waals surface area contributed by atoms with Crippen LogP contribution in [0.1, 0.15) is 24.3 Å². The molecule has 2 atom stereocenters. The molecule has 0 aromatic heterocycles. The number of carbonyl (C=O) groups is 1. The first kappa shape index (κ1) is 16.3. The lowest BCUT2D eigenvalue weighted by Gasteiger charge is -2.27. The number of halogens is 2. The van der Waals surface area contributed by atoms with Gasteiger partial charge in [-0.3, -0.25) is 4.79 Å². The number of carbonyl (C=O) groups excluding carboxylic acids is 1. The van der Waals surface area contributed by atoms with E-state index in [1.165, 1.54) is 6.07 Å². The van der Waals surface area contributed by atoms with E-state index in [9.17, 15) is 13.6 Å². The molecule has 4 nitrogen and oxygen atoms in total. The van der Waals surface area contributed by atoms with E-state index in [4.69, 9.17) is 0 Å². The molecule has 0 radical (unpaired) electrons. The molecule has 2 N–H and O–H groups in total. The van der Waals surface area contributed by atoms with E-state index in [1.807, 2.05) is 0 Å². The van der Waals surface area contributed by atoms with Crippen molar-refractivity contribution in [3.8, 4) is 0 Å². The Bertz CT molecular complexity index is 561. The normalized spacial score (nSPS) is 24.4. The van der Waals surface area contributed by atoms with Gasteiger partial charge in [0.05, 0.1) is 0 Å². The molecule has 1 saturated heterocycles. The van der Waals surface area contributed by atoms with Gasteiger partial charge in [-0.25, -0.2) is 8.78 Å². The van der Waals surface area contributed by atoms with Crippen molar-refractivity contribution < 1.29 is 13.6 Å². The average molecular weight is 323 g/mol. The van der Waals surface area contributed by atoms with Crippen molar-refractivity contribution in [1.82, 2.24) is 15.5 Å². The first-order chi connectivity index (χ1) is 11.1. The number of benzene rings is 1. The molecule has 1 aliphatic heterocycles. The van der Waals surface area contributed by atoms with E-state index in [0.717, 1.165) is 45.2 Å². The molecule has 0 bridgehead atoms. The van der Waals surface area contributed by atoms with E-state index >= 15 is 0 Å². The Morgan fingerprint density at radius 3 is 2.78 bits per heavy atom. The number of piperazine rings is 1. The Labute approximate surface area is 135 Å². The second kappa shape index (κ2) is 7.36. The number of nitrogens with one attached hydrogen (secondary N) is 2. The molecule has 1 heterocycles. The minimum absolute atomic E-state index is 0.0262. The van der Waals surface area contributed by atoms with Crippen molar-refractivity contribution in [3.05, 3.63) is 35.4 Å². The van der Waals surface area contributed by atoms with Gasteiger partial charge in [0, 0.05) is 38.6 Å². The Balaban J connectivity index is 1.37. The van der Waals surface area contributed by atoms with Gasteiger partial charge < -0.3 is 15.5 Å². The van der Waals surface area contributed by atoms with Crippen LogP contribution in [0.4, 0.5) is 8.78 Å². The lowest BCUT2D eigenvalue weighted by atomic mass is 10.1. The third-order valence-electron chi connectivity index (χ3n) is 4.66. The van der Waals surface area contributed by atoms with E-state index in [-0.39, 0.29) is 17.7 Å². The molecule has 2 unspecified atom stereocenters. The van der Waals surface area contributed by atoms with Gasteiger partial charge in [-0.15, -0.1) is 0 Å². The monoisotopic (exact) mass is 323 g/mol. The highest BCUT2D eigenvalue weighted by Crippen LogP contribution is 2.47. The Morgan fingerprint density at radius 2 is 2.04 bits per heavy atom. The Morgan fingerprint density at radius 1 is 1.26 bits per heavy atom. The van der Waals surface area contributed by atoms with Crippen LogP contribution in [-0.2, 0) is 4.79 Å². The van der Waals surface area contributed by atoms with Crippen molar-refractivity contribution in [2.45, 2.75) is 18.8 Å². The third kappa shape index (κ3) is 4.26. The molecule has 3 rings (SSSR count). The number of amides is 1. The van der Waals surface area contributed by atoms with Crippen LogP contribution in [0.25, 0.3) is 0 Å². The van der Waals surface area contributed by atoms with Gasteiger partial charge in [-0.2, -0.15) is 0 Å². The summed E-state index contributed by atoms with van der Waals surface area (Å²) in [7, 11) is 0. The summed E-state index contributed by atoms with van der Waals surface area (Å²) < 4.78 is 26.2. The van der Waals surface area contributed by atoms with Crippen LogP contribution in [0.2, 0.25) is 0 Å². The zero-order valence-electron chi connectivity index (χ0n) is 13.2. The second-order valence-electron chi connectivity index (χ2n) is 6.36. The average Bonchev–Trinajstić information content (AvgIpc) is 3.36. The summed E-state index contributed by atoms with van der Waals surface area (Å²) in [5.74, 6) is -1.73. The fourth-order valence-corrected chi connectivity index (χ4v) is 3.18. The molecule has 23 heavy (non-hydrogen) atoms. The molecule has 6 heteroatoms. The summed E-state index contributed by atoms with van der Waals surface area (Å²) in [5, 5.41) is 6.27. The topological polar surface area (TPSA) is 44.4 Å². The van der Waals surface area contributed by atoms with Gasteiger partial charge in [0.15, 0.2) is 11.6 Å². The zero-order chi connectivity index (χ0) is 16.2. The van der Waals surface area contributed by atoms with Crippen LogP contribution in [0.15, 0.2) is 18.2 Å². The van der Waals surface area contributed by atoms with E-state index < -0.39 is 11.6 Å². The summed E-state index contributed by atoms with van der Waals surface area (Å²) in [4.78, 5) is 14.5. The van der Waals surface area contributed by atoms with Crippen molar-refractivity contribution in [3.63, 3.8) is 0 Å². The molecule has 1 saturated carbocycles. The molecule has 0 spiro atoms. The van der Waals surface area contributed by atoms with Gasteiger partial charge in [-0.05, 0) is 43.0 Å². The molecule has 126 valence electrons. The first-order valence-corrected chi connectivity index (χ1v) is 8.31. The number of rotatable bonds is 6. The maximum absolute atomic E-state index is 13.2. The van der Waals surface area contributed by atoms with Crippen LogP contribution in [0.3, 0.4) is 0 Å². The number of nitrogens with zero attached hydrogens (tertiary/aromatic N) is 1. The SMILES string of the molecule is O=C(NCCCN1CCNCC1)C1CC1c1ccc(F)c(F)c1. The largest absolute Gasteiger partial charge is 0.356 e. The molecular formula is C17H23F2N3O. The van der Waals surface area contributed by atoms with Crippen LogP contribution in [-0.4, -0.2) is 50.1 Å². The Hall–Kier alpha value is -1.53. The van der Waals surface area contributed by atoms with Crippen molar-refractivity contribution in [2.24, 2.45) is 5.92 Å². The van der Waals surface area contributed by atoms with Crippen LogP contribution in [0.5, 0.6) is 0 Å². The lowest BCUT2D eigenvalue weighted by molar-refractivity contribution is -0.122. The fourth-order valence-electron chi connectivity index (χ4n) is 3.18. The van der Waals surface area contributed by atoms with Gasteiger partial charge in [0.1, 0.15) is 0 Å². The lowest BCUT2D eigenvalue weighted by Crippen LogP contribution is -2.44. The third-order valence-corrected chi connectivity index (χ3v) is 4.66. The van der Waals surface area contributed by atoms with Crippen molar-refractivity contribution in [2.75, 3.05) is 39.3 Å². The van der Waals surface area contributed by atoms with E-state index in [0.29, 0.717) is 18.5 Å². The highest BCUT2D eigenvalue weighted by atomic mass is 19.2. The quantitative estimate of drug-likeness (QED) is 0.780. The van der Waals surface area contributed by atoms with Crippen LogP contribution in [0, 0.1) is 17.6 Å². The number of hydrogen-bond acceptors (Lipinski definition) is 3. The van der Waals surface area contributed by atoms with Gasteiger partial charge >= 0.3 is 0 Å². The predicted octanol–water partition coefficient (Wildman–Crippen LogP) is 1.48.